The molecule has 0 radical (unpaired) electrons. The van der Waals surface area contributed by atoms with Gasteiger partial charge in [0.1, 0.15) is 18.2 Å². The number of rotatable bonds is 8. The van der Waals surface area contributed by atoms with Crippen molar-refractivity contribution in [1.82, 2.24) is 4.98 Å². The van der Waals surface area contributed by atoms with Crippen molar-refractivity contribution in [3.05, 3.63) is 81.1 Å². The van der Waals surface area contributed by atoms with Crippen molar-refractivity contribution < 1.29 is 22.7 Å². The zero-order valence-electron chi connectivity index (χ0n) is 18.4. The second kappa shape index (κ2) is 10.1. The van der Waals surface area contributed by atoms with Gasteiger partial charge in [0.15, 0.2) is 0 Å². The zero-order valence-corrected chi connectivity index (χ0v) is 20.8. The minimum atomic E-state index is -4.17. The first-order chi connectivity index (χ1) is 15.6. The molecular formula is C23H22Cl2N2O5S. The molecule has 1 aromatic heterocycles. The quantitative estimate of drug-likeness (QED) is 0.312. The van der Waals surface area contributed by atoms with E-state index in [0.29, 0.717) is 21.9 Å². The summed E-state index contributed by atoms with van der Waals surface area (Å²) < 4.78 is 38.7. The SMILES string of the molecule is COCN(c1cc(Cl)cnc1C(=O)c1c(C)cccc1OC)S(=O)(=O)c1ccc(Cl)c(C)c1. The molecule has 1 heterocycles. The van der Waals surface area contributed by atoms with Crippen molar-refractivity contribution in [1.29, 1.82) is 0 Å². The molecule has 7 nitrogen and oxygen atoms in total. The molecule has 0 amide bonds. The van der Waals surface area contributed by atoms with Crippen molar-refractivity contribution in [2.75, 3.05) is 25.3 Å². The van der Waals surface area contributed by atoms with Gasteiger partial charge < -0.3 is 9.47 Å². The van der Waals surface area contributed by atoms with E-state index in [1.54, 1.807) is 32.0 Å². The third-order valence-corrected chi connectivity index (χ3v) is 7.33. The maximum Gasteiger partial charge on any atom is 0.266 e. The minimum absolute atomic E-state index is 0.0201. The largest absolute Gasteiger partial charge is 0.496 e. The Hall–Kier alpha value is -2.65. The zero-order chi connectivity index (χ0) is 24.3. The highest BCUT2D eigenvalue weighted by molar-refractivity contribution is 7.92. The van der Waals surface area contributed by atoms with E-state index in [2.05, 4.69) is 4.98 Å². The fraction of sp³-hybridized carbons (Fsp3) is 0.217. The van der Waals surface area contributed by atoms with Crippen molar-refractivity contribution >= 4 is 44.7 Å². The van der Waals surface area contributed by atoms with E-state index in [0.717, 1.165) is 4.31 Å². The van der Waals surface area contributed by atoms with E-state index in [9.17, 15) is 13.2 Å². The van der Waals surface area contributed by atoms with E-state index in [1.807, 2.05) is 0 Å². The van der Waals surface area contributed by atoms with Gasteiger partial charge in [-0.25, -0.2) is 17.7 Å². The topological polar surface area (TPSA) is 85.8 Å². The Kier molecular flexibility index (Phi) is 7.64. The van der Waals surface area contributed by atoms with Crippen LogP contribution in [0, 0.1) is 13.8 Å². The summed E-state index contributed by atoms with van der Waals surface area (Å²) in [6, 6.07) is 10.9. The van der Waals surface area contributed by atoms with E-state index >= 15 is 0 Å². The number of carbonyl (C=O) groups is 1. The van der Waals surface area contributed by atoms with E-state index in [1.165, 1.54) is 44.7 Å². The van der Waals surface area contributed by atoms with E-state index in [4.69, 9.17) is 32.7 Å². The molecule has 0 aliphatic rings. The number of benzene rings is 2. The summed E-state index contributed by atoms with van der Waals surface area (Å²) in [7, 11) is -1.37. The first-order valence-corrected chi connectivity index (χ1v) is 11.9. The number of pyridine rings is 1. The number of hydrogen-bond donors (Lipinski definition) is 0. The number of nitrogens with zero attached hydrogens (tertiary/aromatic N) is 2. The third-order valence-electron chi connectivity index (χ3n) is 4.96. The number of methoxy groups -OCH3 is 2. The van der Waals surface area contributed by atoms with Crippen LogP contribution >= 0.6 is 23.2 Å². The molecule has 3 aromatic rings. The van der Waals surface area contributed by atoms with Crippen molar-refractivity contribution in [3.8, 4) is 5.75 Å². The lowest BCUT2D eigenvalue weighted by Gasteiger charge is -2.25. The molecule has 2 aromatic carbocycles. The maximum absolute atomic E-state index is 13.6. The number of carbonyl (C=O) groups excluding carboxylic acids is 1. The van der Waals surface area contributed by atoms with Gasteiger partial charge in [-0.2, -0.15) is 0 Å². The number of ketones is 1. The van der Waals surface area contributed by atoms with Gasteiger partial charge in [-0.1, -0.05) is 35.3 Å². The van der Waals surface area contributed by atoms with Gasteiger partial charge in [-0.05, 0) is 55.3 Å². The molecule has 10 heteroatoms. The highest BCUT2D eigenvalue weighted by Gasteiger charge is 2.31. The lowest BCUT2D eigenvalue weighted by Crippen LogP contribution is -2.34. The average molecular weight is 509 g/mol. The summed E-state index contributed by atoms with van der Waals surface area (Å²) in [4.78, 5) is 17.8. The normalized spacial score (nSPS) is 11.3. The fourth-order valence-electron chi connectivity index (χ4n) is 3.30. The number of hydrogen-bond acceptors (Lipinski definition) is 6. The van der Waals surface area contributed by atoms with Gasteiger partial charge in [0.05, 0.1) is 28.3 Å². The molecular weight excluding hydrogens is 487 g/mol. The number of aryl methyl sites for hydroxylation is 2. The fourth-order valence-corrected chi connectivity index (χ4v) is 5.04. The predicted molar refractivity (Wildman–Crippen MR) is 128 cm³/mol. The lowest BCUT2D eigenvalue weighted by atomic mass is 10.00. The van der Waals surface area contributed by atoms with Gasteiger partial charge >= 0.3 is 0 Å². The number of ether oxygens (including phenoxy) is 2. The first kappa shape index (κ1) is 25.0. The number of aromatic nitrogens is 1. The molecule has 0 saturated heterocycles. The Morgan fingerprint density at radius 1 is 1.06 bits per heavy atom. The van der Waals surface area contributed by atoms with Crippen LogP contribution in [-0.4, -0.2) is 40.1 Å². The standard InChI is InChI=1S/C23H22Cl2N2O5S/c1-14-6-5-7-20(32-4)21(14)23(28)22-19(11-16(24)12-26-22)27(13-31-3)33(29,30)17-8-9-18(25)15(2)10-17/h5-12H,13H2,1-4H3. The summed E-state index contributed by atoms with van der Waals surface area (Å²) in [5, 5.41) is 0.584. The number of halogens is 2. The van der Waals surface area contributed by atoms with Crippen LogP contribution in [0.5, 0.6) is 5.75 Å². The summed E-state index contributed by atoms with van der Waals surface area (Å²) in [6.45, 7) is 3.07. The lowest BCUT2D eigenvalue weighted by molar-refractivity contribution is 0.103. The first-order valence-electron chi connectivity index (χ1n) is 9.73. The maximum atomic E-state index is 13.6. The van der Waals surface area contributed by atoms with Gasteiger partial charge in [0, 0.05) is 18.3 Å². The molecule has 0 bridgehead atoms. The van der Waals surface area contributed by atoms with Crippen LogP contribution < -0.4 is 9.04 Å². The summed E-state index contributed by atoms with van der Waals surface area (Å²) >= 11 is 12.2. The van der Waals surface area contributed by atoms with Gasteiger partial charge in [0.2, 0.25) is 5.78 Å². The molecule has 0 aliphatic heterocycles. The third kappa shape index (κ3) is 4.99. The Balaban J connectivity index is 2.23. The highest BCUT2D eigenvalue weighted by Crippen LogP contribution is 2.33. The van der Waals surface area contributed by atoms with Crippen molar-refractivity contribution in [2.45, 2.75) is 18.7 Å². The highest BCUT2D eigenvalue weighted by atomic mass is 35.5. The van der Waals surface area contributed by atoms with Crippen LogP contribution in [0.25, 0.3) is 0 Å². The van der Waals surface area contributed by atoms with Crippen molar-refractivity contribution in [2.24, 2.45) is 0 Å². The number of anilines is 1. The molecule has 0 N–H and O–H groups in total. The van der Waals surface area contributed by atoms with E-state index < -0.39 is 15.8 Å². The molecule has 0 unspecified atom stereocenters. The molecule has 0 aliphatic carbocycles. The van der Waals surface area contributed by atoms with E-state index in [-0.39, 0.29) is 33.6 Å². The van der Waals surface area contributed by atoms with Gasteiger partial charge in [0.25, 0.3) is 10.0 Å². The van der Waals surface area contributed by atoms with Crippen LogP contribution in [0.4, 0.5) is 5.69 Å². The summed E-state index contributed by atoms with van der Waals surface area (Å²) in [6.07, 6.45) is 1.28. The molecule has 0 spiro atoms. The molecule has 3 rings (SSSR count). The van der Waals surface area contributed by atoms with Crippen LogP contribution in [0.2, 0.25) is 10.0 Å². The van der Waals surface area contributed by atoms with Crippen LogP contribution in [0.15, 0.2) is 53.6 Å². The second-order valence-corrected chi connectivity index (χ2v) is 9.89. The minimum Gasteiger partial charge on any atom is -0.496 e. The smallest absolute Gasteiger partial charge is 0.266 e. The van der Waals surface area contributed by atoms with Gasteiger partial charge in [-0.3, -0.25) is 4.79 Å². The Morgan fingerprint density at radius 2 is 1.79 bits per heavy atom. The Bertz CT molecular complexity index is 1310. The summed E-state index contributed by atoms with van der Waals surface area (Å²) in [5.74, 6) is -0.169. The molecule has 0 saturated carbocycles. The molecule has 174 valence electrons. The monoisotopic (exact) mass is 508 g/mol. The Morgan fingerprint density at radius 3 is 2.42 bits per heavy atom. The van der Waals surface area contributed by atoms with Gasteiger partial charge in [-0.15, -0.1) is 0 Å². The molecule has 33 heavy (non-hydrogen) atoms. The van der Waals surface area contributed by atoms with Crippen LogP contribution in [0.3, 0.4) is 0 Å². The van der Waals surface area contributed by atoms with Crippen molar-refractivity contribution in [3.63, 3.8) is 0 Å². The average Bonchev–Trinajstić information content (AvgIpc) is 2.78. The predicted octanol–water partition coefficient (Wildman–Crippen LogP) is 5.04. The molecule has 0 atom stereocenters. The summed E-state index contributed by atoms with van der Waals surface area (Å²) in [5.41, 5.74) is 1.37. The number of sulfonamides is 1. The van der Waals surface area contributed by atoms with Crippen LogP contribution in [0.1, 0.15) is 27.2 Å². The molecule has 0 fully saturated rings. The van der Waals surface area contributed by atoms with Crippen LogP contribution in [-0.2, 0) is 14.8 Å². The Labute approximate surface area is 202 Å². The second-order valence-electron chi connectivity index (χ2n) is 7.18.